The van der Waals surface area contributed by atoms with Gasteiger partial charge in [0.2, 0.25) is 11.8 Å². The molecule has 1 aliphatic heterocycles. The smallest absolute Gasteiger partial charge is 0.236 e. The number of nitrogens with zero attached hydrogens (tertiary/aromatic N) is 2. The third-order valence-corrected chi connectivity index (χ3v) is 3.59. The van der Waals surface area contributed by atoms with E-state index < -0.39 is 0 Å². The Bertz CT molecular complexity index is 530. The Hall–Kier alpha value is -1.99. The molecule has 1 saturated heterocycles. The number of rotatable bonds is 6. The number of likely N-dealkylation sites (N-methyl/N-ethyl adjacent to an activating group) is 1. The van der Waals surface area contributed by atoms with Gasteiger partial charge in [0, 0.05) is 19.6 Å². The molecule has 23 heavy (non-hydrogen) atoms. The van der Waals surface area contributed by atoms with Crippen LogP contribution < -0.4 is 5.32 Å². The summed E-state index contributed by atoms with van der Waals surface area (Å²) < 4.78 is 18.0. The number of amides is 2. The van der Waals surface area contributed by atoms with Gasteiger partial charge >= 0.3 is 0 Å². The van der Waals surface area contributed by atoms with Crippen LogP contribution in [0.1, 0.15) is 5.56 Å². The monoisotopic (exact) mass is 323 g/mol. The summed E-state index contributed by atoms with van der Waals surface area (Å²) in [6, 6.07) is 5.96. The van der Waals surface area contributed by atoms with Gasteiger partial charge in [0.1, 0.15) is 5.82 Å². The van der Waals surface area contributed by atoms with Crippen LogP contribution in [0.3, 0.4) is 0 Å². The maximum atomic E-state index is 12.8. The normalized spacial score (nSPS) is 14.8. The zero-order valence-corrected chi connectivity index (χ0v) is 13.3. The maximum Gasteiger partial charge on any atom is 0.236 e. The second-order valence-corrected chi connectivity index (χ2v) is 5.57. The molecule has 2 amide bonds. The quantitative estimate of drug-likeness (QED) is 0.814. The Labute approximate surface area is 135 Å². The topological polar surface area (TPSA) is 61.9 Å². The van der Waals surface area contributed by atoms with E-state index >= 15 is 0 Å². The fourth-order valence-corrected chi connectivity index (χ4v) is 2.30. The first-order valence-corrected chi connectivity index (χ1v) is 7.60. The lowest BCUT2D eigenvalue weighted by Crippen LogP contribution is -2.46. The van der Waals surface area contributed by atoms with E-state index in [1.54, 1.807) is 29.0 Å². The van der Waals surface area contributed by atoms with Crippen molar-refractivity contribution in [2.75, 3.05) is 46.4 Å². The van der Waals surface area contributed by atoms with Gasteiger partial charge in [0.05, 0.1) is 26.3 Å². The van der Waals surface area contributed by atoms with Crippen molar-refractivity contribution in [3.05, 3.63) is 35.6 Å². The van der Waals surface area contributed by atoms with E-state index in [4.69, 9.17) is 4.74 Å². The molecule has 1 aromatic carbocycles. The molecular weight excluding hydrogens is 301 g/mol. The molecule has 0 saturated carbocycles. The van der Waals surface area contributed by atoms with E-state index in [9.17, 15) is 14.0 Å². The molecule has 0 bridgehead atoms. The predicted octanol–water partition coefficient (Wildman–Crippen LogP) is 0.233. The number of benzene rings is 1. The van der Waals surface area contributed by atoms with Crippen molar-refractivity contribution in [1.82, 2.24) is 15.1 Å². The number of ether oxygens (including phenoxy) is 1. The molecule has 0 radical (unpaired) electrons. The van der Waals surface area contributed by atoms with Gasteiger partial charge in [0.25, 0.3) is 0 Å². The first-order chi connectivity index (χ1) is 11.0. The molecule has 0 aromatic heterocycles. The van der Waals surface area contributed by atoms with Crippen molar-refractivity contribution in [3.63, 3.8) is 0 Å². The fraction of sp³-hybridized carbons (Fsp3) is 0.500. The van der Waals surface area contributed by atoms with Crippen molar-refractivity contribution in [2.24, 2.45) is 0 Å². The molecule has 1 fully saturated rings. The minimum Gasteiger partial charge on any atom is -0.378 e. The standard InChI is InChI=1S/C16H22FN3O3/c1-19(12-16(22)20-6-8-23-9-7-20)11-15(21)18-10-13-2-4-14(17)5-3-13/h2-5H,6-12H2,1H3,(H,18,21). The summed E-state index contributed by atoms with van der Waals surface area (Å²) >= 11 is 0. The Morgan fingerprint density at radius 1 is 1.22 bits per heavy atom. The molecule has 0 spiro atoms. The van der Waals surface area contributed by atoms with Gasteiger partial charge < -0.3 is 15.0 Å². The molecule has 1 aromatic rings. The van der Waals surface area contributed by atoms with Gasteiger partial charge in [-0.2, -0.15) is 0 Å². The molecule has 2 rings (SSSR count). The van der Waals surface area contributed by atoms with Gasteiger partial charge in [0.15, 0.2) is 0 Å². The van der Waals surface area contributed by atoms with Gasteiger partial charge in [-0.25, -0.2) is 4.39 Å². The van der Waals surface area contributed by atoms with Gasteiger partial charge in [-0.3, -0.25) is 14.5 Å². The molecule has 1 heterocycles. The van der Waals surface area contributed by atoms with Gasteiger partial charge in [-0.1, -0.05) is 12.1 Å². The van der Waals surface area contributed by atoms with Crippen LogP contribution in [0.25, 0.3) is 0 Å². The van der Waals surface area contributed by atoms with Crippen molar-refractivity contribution >= 4 is 11.8 Å². The highest BCUT2D eigenvalue weighted by Gasteiger charge is 2.19. The highest BCUT2D eigenvalue weighted by molar-refractivity contribution is 5.81. The molecule has 1 N–H and O–H groups in total. The Kier molecular flexibility index (Phi) is 6.49. The third-order valence-electron chi connectivity index (χ3n) is 3.59. The minimum absolute atomic E-state index is 0.00198. The highest BCUT2D eigenvalue weighted by Crippen LogP contribution is 2.02. The molecule has 7 heteroatoms. The highest BCUT2D eigenvalue weighted by atomic mass is 19.1. The van der Waals surface area contributed by atoms with Crippen molar-refractivity contribution in [2.45, 2.75) is 6.54 Å². The van der Waals surface area contributed by atoms with E-state index in [1.165, 1.54) is 12.1 Å². The van der Waals surface area contributed by atoms with Crippen molar-refractivity contribution < 1.29 is 18.7 Å². The van der Waals surface area contributed by atoms with Crippen LogP contribution in [-0.4, -0.2) is 68.1 Å². The van der Waals surface area contributed by atoms with E-state index in [-0.39, 0.29) is 30.7 Å². The number of hydrogen-bond donors (Lipinski definition) is 1. The van der Waals surface area contributed by atoms with Crippen LogP contribution in [0.5, 0.6) is 0 Å². The zero-order chi connectivity index (χ0) is 16.7. The molecular formula is C16H22FN3O3. The van der Waals surface area contributed by atoms with Crippen LogP contribution in [0.4, 0.5) is 4.39 Å². The Balaban J connectivity index is 1.69. The number of carbonyl (C=O) groups is 2. The zero-order valence-electron chi connectivity index (χ0n) is 13.3. The van der Waals surface area contributed by atoms with Gasteiger partial charge in [-0.15, -0.1) is 0 Å². The second-order valence-electron chi connectivity index (χ2n) is 5.57. The number of nitrogens with one attached hydrogen (secondary N) is 1. The lowest BCUT2D eigenvalue weighted by molar-refractivity contribution is -0.136. The molecule has 0 unspecified atom stereocenters. The molecule has 6 nitrogen and oxygen atoms in total. The predicted molar refractivity (Wildman–Crippen MR) is 83.1 cm³/mol. The van der Waals surface area contributed by atoms with E-state index in [0.29, 0.717) is 32.8 Å². The average molecular weight is 323 g/mol. The summed E-state index contributed by atoms with van der Waals surface area (Å²) in [4.78, 5) is 27.4. The van der Waals surface area contributed by atoms with E-state index in [2.05, 4.69) is 5.32 Å². The average Bonchev–Trinajstić information content (AvgIpc) is 2.55. The van der Waals surface area contributed by atoms with Crippen LogP contribution >= 0.6 is 0 Å². The summed E-state index contributed by atoms with van der Waals surface area (Å²) in [5, 5.41) is 2.75. The lowest BCUT2D eigenvalue weighted by Gasteiger charge is -2.28. The van der Waals surface area contributed by atoms with Crippen LogP contribution in [0.15, 0.2) is 24.3 Å². The van der Waals surface area contributed by atoms with Crippen molar-refractivity contribution in [1.29, 1.82) is 0 Å². The first kappa shape index (κ1) is 17.4. The number of halogens is 1. The summed E-state index contributed by atoms with van der Waals surface area (Å²) in [6.45, 7) is 3.00. The molecule has 126 valence electrons. The molecule has 0 atom stereocenters. The third kappa shape index (κ3) is 5.96. The summed E-state index contributed by atoms with van der Waals surface area (Å²) in [6.07, 6.45) is 0. The fourth-order valence-electron chi connectivity index (χ4n) is 2.30. The largest absolute Gasteiger partial charge is 0.378 e. The van der Waals surface area contributed by atoms with Crippen molar-refractivity contribution in [3.8, 4) is 0 Å². The second kappa shape index (κ2) is 8.59. The maximum absolute atomic E-state index is 12.8. The Morgan fingerprint density at radius 2 is 1.87 bits per heavy atom. The molecule has 0 aliphatic carbocycles. The molecule has 1 aliphatic rings. The minimum atomic E-state index is -0.304. The number of morpholine rings is 1. The van der Waals surface area contributed by atoms with E-state index in [1.807, 2.05) is 0 Å². The summed E-state index contributed by atoms with van der Waals surface area (Å²) in [5.74, 6) is -0.477. The lowest BCUT2D eigenvalue weighted by atomic mass is 10.2. The van der Waals surface area contributed by atoms with Crippen LogP contribution in [0, 0.1) is 5.82 Å². The SMILES string of the molecule is CN(CC(=O)NCc1ccc(F)cc1)CC(=O)N1CCOCC1. The van der Waals surface area contributed by atoms with Gasteiger partial charge in [-0.05, 0) is 24.7 Å². The van der Waals surface area contributed by atoms with Crippen LogP contribution in [0.2, 0.25) is 0 Å². The Morgan fingerprint density at radius 3 is 2.52 bits per heavy atom. The summed E-state index contributed by atoms with van der Waals surface area (Å²) in [5.41, 5.74) is 0.826. The van der Waals surface area contributed by atoms with E-state index in [0.717, 1.165) is 5.56 Å². The first-order valence-electron chi connectivity index (χ1n) is 7.60. The summed E-state index contributed by atoms with van der Waals surface area (Å²) in [7, 11) is 1.73. The number of carbonyl (C=O) groups excluding carboxylic acids is 2. The number of hydrogen-bond acceptors (Lipinski definition) is 4. The van der Waals surface area contributed by atoms with Crippen LogP contribution in [-0.2, 0) is 20.9 Å².